The third-order valence-electron chi connectivity index (χ3n) is 6.18. The van der Waals surface area contributed by atoms with Crippen molar-refractivity contribution in [1.29, 1.82) is 0 Å². The van der Waals surface area contributed by atoms with Crippen LogP contribution in [-0.2, 0) is 26.1 Å². The molecule has 0 saturated carbocycles. The summed E-state index contributed by atoms with van der Waals surface area (Å²) in [6.07, 6.45) is 0. The van der Waals surface area contributed by atoms with Gasteiger partial charge in [-0.15, -0.1) is 0 Å². The van der Waals surface area contributed by atoms with Gasteiger partial charge in [-0.1, -0.05) is 66.2 Å². The Morgan fingerprint density at radius 1 is 0.895 bits per heavy atom. The van der Waals surface area contributed by atoms with Gasteiger partial charge in [0.05, 0.1) is 13.1 Å². The molecule has 10 heteroatoms. The molecular weight excluding hydrogens is 514 g/mol. The largest absolute Gasteiger partial charge is 0.425 e. The molecule has 0 aliphatic rings. The van der Waals surface area contributed by atoms with E-state index in [1.54, 1.807) is 28.8 Å². The second kappa shape index (κ2) is 9.90. The standard InChI is InChI=1S/C28H23ClF2N4O3/c1-28(30,31)20-9-6-10-22(15-20)38-26-32-24-23(34(26)16-19-11-13-21(29)14-12-19)25(36)33(2)27(37)35(24)17-18-7-4-3-5-8-18/h3-15H,16-17H2,1-2H3. The minimum absolute atomic E-state index is 0.0176. The molecule has 0 saturated heterocycles. The number of rotatable bonds is 7. The molecular formula is C28H23ClF2N4O3. The molecule has 7 nitrogen and oxygen atoms in total. The molecule has 0 bridgehead atoms. The summed E-state index contributed by atoms with van der Waals surface area (Å²) < 4.78 is 37.9. The molecule has 194 valence electrons. The Morgan fingerprint density at radius 2 is 1.55 bits per heavy atom. The average molecular weight is 537 g/mol. The van der Waals surface area contributed by atoms with Crippen LogP contribution in [0, 0.1) is 0 Å². The number of hydrogen-bond donors (Lipinski definition) is 0. The lowest BCUT2D eigenvalue weighted by Crippen LogP contribution is -2.39. The van der Waals surface area contributed by atoms with Crippen molar-refractivity contribution in [2.45, 2.75) is 25.9 Å². The summed E-state index contributed by atoms with van der Waals surface area (Å²) in [6, 6.07) is 21.8. The normalized spacial score (nSPS) is 11.7. The van der Waals surface area contributed by atoms with E-state index in [0.717, 1.165) is 22.6 Å². The first-order valence-corrected chi connectivity index (χ1v) is 12.1. The fraction of sp³-hybridized carbons (Fsp3) is 0.179. The van der Waals surface area contributed by atoms with Crippen LogP contribution in [0.4, 0.5) is 8.78 Å². The molecule has 3 aromatic carbocycles. The van der Waals surface area contributed by atoms with Crippen LogP contribution in [0.25, 0.3) is 11.2 Å². The smallest absolute Gasteiger partial charge is 0.332 e. The van der Waals surface area contributed by atoms with Gasteiger partial charge in [0.25, 0.3) is 11.5 Å². The van der Waals surface area contributed by atoms with E-state index in [2.05, 4.69) is 4.98 Å². The van der Waals surface area contributed by atoms with Crippen LogP contribution in [0.2, 0.25) is 5.02 Å². The predicted octanol–water partition coefficient (Wildman–Crippen LogP) is 5.55. The monoisotopic (exact) mass is 536 g/mol. The van der Waals surface area contributed by atoms with Gasteiger partial charge >= 0.3 is 11.7 Å². The highest BCUT2D eigenvalue weighted by molar-refractivity contribution is 6.30. The molecule has 0 fully saturated rings. The van der Waals surface area contributed by atoms with Crippen molar-refractivity contribution in [3.63, 3.8) is 0 Å². The lowest BCUT2D eigenvalue weighted by atomic mass is 10.1. The Balaban J connectivity index is 1.72. The average Bonchev–Trinajstić information content (AvgIpc) is 3.24. The van der Waals surface area contributed by atoms with Gasteiger partial charge in [-0.2, -0.15) is 4.98 Å². The van der Waals surface area contributed by atoms with Crippen LogP contribution in [0.5, 0.6) is 11.8 Å². The summed E-state index contributed by atoms with van der Waals surface area (Å²) in [5, 5.41) is 0.547. The second-order valence-corrected chi connectivity index (χ2v) is 9.45. The van der Waals surface area contributed by atoms with E-state index in [1.807, 2.05) is 30.3 Å². The van der Waals surface area contributed by atoms with E-state index < -0.39 is 17.2 Å². The van der Waals surface area contributed by atoms with Gasteiger partial charge in [0.2, 0.25) is 0 Å². The summed E-state index contributed by atoms with van der Waals surface area (Å²) in [4.78, 5) is 31.1. The maximum Gasteiger partial charge on any atom is 0.332 e. The minimum Gasteiger partial charge on any atom is -0.425 e. The van der Waals surface area contributed by atoms with E-state index in [-0.39, 0.29) is 41.6 Å². The Kier molecular flexibility index (Phi) is 6.62. The first-order chi connectivity index (χ1) is 18.1. The summed E-state index contributed by atoms with van der Waals surface area (Å²) in [7, 11) is 1.40. The third-order valence-corrected chi connectivity index (χ3v) is 6.43. The number of fused-ring (bicyclic) bond motifs is 1. The van der Waals surface area contributed by atoms with Crippen LogP contribution in [-0.4, -0.2) is 18.7 Å². The summed E-state index contributed by atoms with van der Waals surface area (Å²) in [6.45, 7) is 1.12. The zero-order valence-corrected chi connectivity index (χ0v) is 21.3. The second-order valence-electron chi connectivity index (χ2n) is 9.02. The van der Waals surface area contributed by atoms with Crippen LogP contribution in [0.15, 0.2) is 88.5 Å². The van der Waals surface area contributed by atoms with Gasteiger partial charge in [0, 0.05) is 24.6 Å². The zero-order valence-electron chi connectivity index (χ0n) is 20.6. The van der Waals surface area contributed by atoms with Gasteiger partial charge in [-0.05, 0) is 35.4 Å². The fourth-order valence-electron chi connectivity index (χ4n) is 4.18. The predicted molar refractivity (Wildman–Crippen MR) is 141 cm³/mol. The molecule has 0 aliphatic carbocycles. The van der Waals surface area contributed by atoms with E-state index in [9.17, 15) is 18.4 Å². The number of ether oxygens (including phenoxy) is 1. The number of alkyl halides is 2. The highest BCUT2D eigenvalue weighted by atomic mass is 35.5. The first-order valence-electron chi connectivity index (χ1n) is 11.8. The van der Waals surface area contributed by atoms with Crippen molar-refractivity contribution in [3.05, 3.63) is 121 Å². The van der Waals surface area contributed by atoms with E-state index in [4.69, 9.17) is 16.3 Å². The van der Waals surface area contributed by atoms with Crippen molar-refractivity contribution in [2.75, 3.05) is 0 Å². The first kappa shape index (κ1) is 25.4. The van der Waals surface area contributed by atoms with Crippen LogP contribution >= 0.6 is 11.6 Å². The van der Waals surface area contributed by atoms with Gasteiger partial charge in [-0.3, -0.25) is 18.5 Å². The topological polar surface area (TPSA) is 71.1 Å². The van der Waals surface area contributed by atoms with E-state index >= 15 is 0 Å². The maximum atomic E-state index is 14.0. The number of hydrogen-bond acceptors (Lipinski definition) is 4. The quantitative estimate of drug-likeness (QED) is 0.273. The molecule has 0 radical (unpaired) electrons. The fourth-order valence-corrected chi connectivity index (χ4v) is 4.31. The van der Waals surface area contributed by atoms with Crippen molar-refractivity contribution >= 4 is 22.8 Å². The summed E-state index contributed by atoms with van der Waals surface area (Å²) >= 11 is 6.04. The SMILES string of the molecule is Cn1c(=O)c2c(nc(Oc3cccc(C(C)(F)F)c3)n2Cc2ccc(Cl)cc2)n(Cc2ccccc2)c1=O. The molecule has 38 heavy (non-hydrogen) atoms. The number of aromatic nitrogens is 4. The number of imidazole rings is 1. The lowest BCUT2D eigenvalue weighted by molar-refractivity contribution is 0.0173. The molecule has 0 unspecified atom stereocenters. The van der Waals surface area contributed by atoms with Crippen molar-refractivity contribution in [3.8, 4) is 11.8 Å². The Morgan fingerprint density at radius 3 is 2.24 bits per heavy atom. The van der Waals surface area contributed by atoms with Crippen molar-refractivity contribution < 1.29 is 13.5 Å². The molecule has 0 N–H and O–H groups in total. The number of nitrogens with zero attached hydrogens (tertiary/aromatic N) is 4. The molecule has 0 aliphatic heterocycles. The molecule has 2 aromatic heterocycles. The van der Waals surface area contributed by atoms with Crippen molar-refractivity contribution in [1.82, 2.24) is 18.7 Å². The summed E-state index contributed by atoms with van der Waals surface area (Å²) in [5.74, 6) is -2.96. The van der Waals surface area contributed by atoms with Crippen LogP contribution in [0.1, 0.15) is 23.6 Å². The molecule has 2 heterocycles. The Bertz CT molecular complexity index is 1740. The van der Waals surface area contributed by atoms with E-state index in [0.29, 0.717) is 5.02 Å². The van der Waals surface area contributed by atoms with Gasteiger partial charge in [-0.25, -0.2) is 13.6 Å². The molecule has 0 amide bonds. The molecule has 0 spiro atoms. The molecule has 5 rings (SSSR count). The van der Waals surface area contributed by atoms with E-state index in [1.165, 1.54) is 35.9 Å². The van der Waals surface area contributed by atoms with Crippen LogP contribution < -0.4 is 16.0 Å². The Labute approximate surface area is 221 Å². The maximum absolute atomic E-state index is 14.0. The minimum atomic E-state index is -3.07. The van der Waals surface area contributed by atoms with Gasteiger partial charge < -0.3 is 4.74 Å². The lowest BCUT2D eigenvalue weighted by Gasteiger charge is -2.13. The molecule has 0 atom stereocenters. The number of halogens is 3. The van der Waals surface area contributed by atoms with Crippen molar-refractivity contribution in [2.24, 2.45) is 7.05 Å². The highest BCUT2D eigenvalue weighted by Crippen LogP contribution is 2.32. The Hall–Kier alpha value is -4.24. The highest BCUT2D eigenvalue weighted by Gasteiger charge is 2.26. The number of benzene rings is 3. The zero-order chi connectivity index (χ0) is 27.0. The third kappa shape index (κ3) is 4.97. The van der Waals surface area contributed by atoms with Crippen LogP contribution in [0.3, 0.4) is 0 Å². The molecule has 5 aromatic rings. The summed E-state index contributed by atoms with van der Waals surface area (Å²) in [5.41, 5.74) is 0.568. The van der Waals surface area contributed by atoms with Gasteiger partial charge in [0.1, 0.15) is 5.75 Å². The van der Waals surface area contributed by atoms with Gasteiger partial charge in [0.15, 0.2) is 11.2 Å².